The van der Waals surface area contributed by atoms with Crippen LogP contribution in [-0.2, 0) is 4.74 Å². The van der Waals surface area contributed by atoms with Crippen molar-refractivity contribution in [2.75, 3.05) is 46.6 Å². The summed E-state index contributed by atoms with van der Waals surface area (Å²) in [6.45, 7) is 2.74. The molecule has 1 amide bonds. The van der Waals surface area contributed by atoms with Crippen LogP contribution < -0.4 is 24.8 Å². The molecule has 0 unspecified atom stereocenters. The number of hydrogen-bond acceptors (Lipinski definition) is 7. The van der Waals surface area contributed by atoms with Crippen LogP contribution in [0, 0.1) is 0 Å². The van der Waals surface area contributed by atoms with Crippen LogP contribution in [0.3, 0.4) is 0 Å². The molecule has 8 heteroatoms. The van der Waals surface area contributed by atoms with E-state index >= 15 is 0 Å². The van der Waals surface area contributed by atoms with E-state index in [0.29, 0.717) is 56.1 Å². The number of amides is 1. The molecular weight excluding hydrogens is 436 g/mol. The van der Waals surface area contributed by atoms with Crippen molar-refractivity contribution in [1.82, 2.24) is 10.6 Å². The van der Waals surface area contributed by atoms with E-state index in [9.17, 15) is 9.90 Å². The fourth-order valence-corrected chi connectivity index (χ4v) is 3.67. The van der Waals surface area contributed by atoms with Gasteiger partial charge in [0.25, 0.3) is 5.91 Å². The van der Waals surface area contributed by atoms with Gasteiger partial charge in [0, 0.05) is 25.7 Å². The molecule has 1 saturated carbocycles. The first kappa shape index (κ1) is 25.8. The summed E-state index contributed by atoms with van der Waals surface area (Å²) < 4.78 is 22.8. The van der Waals surface area contributed by atoms with E-state index in [0.717, 1.165) is 18.6 Å². The minimum atomic E-state index is -0.643. The van der Waals surface area contributed by atoms with Crippen LogP contribution in [-0.4, -0.2) is 69.8 Å². The van der Waals surface area contributed by atoms with E-state index in [1.54, 1.807) is 31.3 Å². The Kier molecular flexibility index (Phi) is 11.0. The van der Waals surface area contributed by atoms with Crippen LogP contribution in [0.4, 0.5) is 0 Å². The van der Waals surface area contributed by atoms with Crippen LogP contribution in [0.5, 0.6) is 17.2 Å². The Balaban J connectivity index is 1.22. The third-order valence-corrected chi connectivity index (χ3v) is 5.55. The summed E-state index contributed by atoms with van der Waals surface area (Å²) in [5.74, 6) is 2.01. The average molecular weight is 473 g/mol. The number of ether oxygens (including phenoxy) is 4. The first-order chi connectivity index (χ1) is 16.6. The summed E-state index contributed by atoms with van der Waals surface area (Å²) in [7, 11) is 1.60. The van der Waals surface area contributed by atoms with E-state index in [1.807, 2.05) is 24.3 Å². The number of carbonyl (C=O) groups excluding carboxylic acids is 1. The lowest BCUT2D eigenvalue weighted by Gasteiger charge is -2.14. The number of nitrogens with one attached hydrogen (secondary N) is 2. The molecule has 186 valence electrons. The average Bonchev–Trinajstić information content (AvgIpc) is 3.39. The van der Waals surface area contributed by atoms with Crippen LogP contribution in [0.25, 0.3) is 0 Å². The quantitative estimate of drug-likeness (QED) is 0.343. The molecule has 0 spiro atoms. The molecule has 1 aliphatic carbocycles. The van der Waals surface area contributed by atoms with Gasteiger partial charge in [-0.2, -0.15) is 0 Å². The van der Waals surface area contributed by atoms with Crippen LogP contribution in [0.15, 0.2) is 48.5 Å². The minimum Gasteiger partial charge on any atom is -0.492 e. The van der Waals surface area contributed by atoms with Crippen molar-refractivity contribution in [2.45, 2.75) is 37.9 Å². The molecule has 3 N–H and O–H groups in total. The van der Waals surface area contributed by atoms with Gasteiger partial charge in [-0.25, -0.2) is 0 Å². The highest BCUT2D eigenvalue weighted by Crippen LogP contribution is 2.21. The number of hydrogen-bond donors (Lipinski definition) is 3. The normalized spacial score (nSPS) is 14.5. The first-order valence-electron chi connectivity index (χ1n) is 11.9. The predicted octanol–water partition coefficient (Wildman–Crippen LogP) is 2.79. The Bertz CT molecular complexity index is 837. The second-order valence-electron chi connectivity index (χ2n) is 8.22. The Hall–Kier alpha value is -2.81. The van der Waals surface area contributed by atoms with Crippen molar-refractivity contribution >= 4 is 5.91 Å². The molecule has 34 heavy (non-hydrogen) atoms. The molecule has 2 aromatic rings. The molecule has 0 aliphatic heterocycles. The van der Waals surface area contributed by atoms with Gasteiger partial charge in [-0.15, -0.1) is 0 Å². The highest BCUT2D eigenvalue weighted by atomic mass is 16.5. The minimum absolute atomic E-state index is 0.131. The zero-order valence-electron chi connectivity index (χ0n) is 19.8. The monoisotopic (exact) mass is 472 g/mol. The largest absolute Gasteiger partial charge is 0.492 e. The predicted molar refractivity (Wildman–Crippen MR) is 130 cm³/mol. The van der Waals surface area contributed by atoms with Crippen molar-refractivity contribution in [3.63, 3.8) is 0 Å². The molecule has 0 bridgehead atoms. The number of rotatable bonds is 15. The Morgan fingerprint density at radius 1 is 0.912 bits per heavy atom. The second-order valence-corrected chi connectivity index (χ2v) is 8.22. The molecule has 1 atom stereocenters. The van der Waals surface area contributed by atoms with Gasteiger partial charge in [0.1, 0.15) is 43.2 Å². The van der Waals surface area contributed by atoms with Crippen molar-refractivity contribution in [3.05, 3.63) is 54.1 Å². The van der Waals surface area contributed by atoms with E-state index in [2.05, 4.69) is 10.6 Å². The fourth-order valence-electron chi connectivity index (χ4n) is 3.67. The molecule has 2 aromatic carbocycles. The van der Waals surface area contributed by atoms with E-state index < -0.39 is 6.10 Å². The molecule has 0 aromatic heterocycles. The zero-order valence-corrected chi connectivity index (χ0v) is 19.8. The van der Waals surface area contributed by atoms with Gasteiger partial charge in [-0.1, -0.05) is 12.8 Å². The maximum Gasteiger partial charge on any atom is 0.251 e. The highest BCUT2D eigenvalue weighted by molar-refractivity contribution is 5.94. The number of aliphatic hydroxyl groups is 1. The Morgan fingerprint density at radius 3 is 2.15 bits per heavy atom. The number of benzene rings is 2. The number of aliphatic hydroxyl groups excluding tert-OH is 1. The molecule has 8 nitrogen and oxygen atoms in total. The van der Waals surface area contributed by atoms with Crippen molar-refractivity contribution in [1.29, 1.82) is 0 Å². The summed E-state index contributed by atoms with van der Waals surface area (Å²) in [5.41, 5.74) is 0.586. The molecule has 0 heterocycles. The fraction of sp³-hybridized carbons (Fsp3) is 0.500. The van der Waals surface area contributed by atoms with Crippen LogP contribution in [0.1, 0.15) is 36.0 Å². The van der Waals surface area contributed by atoms with Crippen LogP contribution >= 0.6 is 0 Å². The number of carbonyl (C=O) groups is 1. The van der Waals surface area contributed by atoms with Crippen LogP contribution in [0.2, 0.25) is 0 Å². The van der Waals surface area contributed by atoms with Crippen molar-refractivity contribution in [3.8, 4) is 17.2 Å². The lowest BCUT2D eigenvalue weighted by molar-refractivity contribution is 0.0382. The maximum atomic E-state index is 11.5. The van der Waals surface area contributed by atoms with Gasteiger partial charge in [-0.3, -0.25) is 4.79 Å². The lowest BCUT2D eigenvalue weighted by Crippen LogP contribution is -2.33. The van der Waals surface area contributed by atoms with E-state index in [1.165, 1.54) is 12.8 Å². The summed E-state index contributed by atoms with van der Waals surface area (Å²) in [4.78, 5) is 11.5. The lowest BCUT2D eigenvalue weighted by atomic mass is 10.2. The van der Waals surface area contributed by atoms with Gasteiger partial charge < -0.3 is 34.7 Å². The zero-order chi connectivity index (χ0) is 24.0. The summed E-state index contributed by atoms with van der Waals surface area (Å²) in [6, 6.07) is 14.3. The summed E-state index contributed by atoms with van der Waals surface area (Å²) in [5, 5.41) is 15.8. The molecule has 1 aliphatic rings. The Labute approximate surface area is 201 Å². The molecule has 0 radical (unpaired) electrons. The summed E-state index contributed by atoms with van der Waals surface area (Å²) >= 11 is 0. The molecule has 1 fully saturated rings. The van der Waals surface area contributed by atoms with Crippen molar-refractivity contribution < 1.29 is 28.8 Å². The topological polar surface area (TPSA) is 98.3 Å². The van der Waals surface area contributed by atoms with Gasteiger partial charge in [0.05, 0.1) is 12.7 Å². The van der Waals surface area contributed by atoms with Crippen molar-refractivity contribution in [2.24, 2.45) is 0 Å². The summed E-state index contributed by atoms with van der Waals surface area (Å²) in [6.07, 6.45) is 4.62. The van der Waals surface area contributed by atoms with Gasteiger partial charge in [0.15, 0.2) is 0 Å². The molecular formula is C26H36N2O6. The maximum absolute atomic E-state index is 11.5. The standard InChI is InChI=1S/C26H36N2O6/c1-27-26(30)20-6-8-23(9-7-20)31-15-14-28-18-21(29)19-34-25-12-10-24(11-13-25)33-17-16-32-22-4-2-3-5-22/h6-13,21-22,28-29H,2-5,14-19H2,1H3,(H,27,30)/t21-/m0/s1. The SMILES string of the molecule is CNC(=O)c1ccc(OCCNC[C@H](O)COc2ccc(OCCOC3CCCC3)cc2)cc1. The molecule has 3 rings (SSSR count). The highest BCUT2D eigenvalue weighted by Gasteiger charge is 2.14. The third-order valence-electron chi connectivity index (χ3n) is 5.55. The van der Waals surface area contributed by atoms with E-state index in [-0.39, 0.29) is 12.5 Å². The van der Waals surface area contributed by atoms with Gasteiger partial charge in [0.2, 0.25) is 0 Å². The van der Waals surface area contributed by atoms with E-state index in [4.69, 9.17) is 18.9 Å². The molecule has 0 saturated heterocycles. The second kappa shape index (κ2) is 14.5. The smallest absolute Gasteiger partial charge is 0.251 e. The third kappa shape index (κ3) is 9.21. The van der Waals surface area contributed by atoms with Gasteiger partial charge >= 0.3 is 0 Å². The Morgan fingerprint density at radius 2 is 1.50 bits per heavy atom. The van der Waals surface area contributed by atoms with Gasteiger partial charge in [-0.05, 0) is 61.4 Å². The first-order valence-corrected chi connectivity index (χ1v) is 11.9.